The number of para-hydroxylation sites is 1. The molecule has 0 aliphatic carbocycles. The zero-order valence-corrected chi connectivity index (χ0v) is 16.2. The van der Waals surface area contributed by atoms with Gasteiger partial charge in [-0.2, -0.15) is 18.3 Å². The van der Waals surface area contributed by atoms with Gasteiger partial charge in [0.25, 0.3) is 0 Å². The summed E-state index contributed by atoms with van der Waals surface area (Å²) < 4.78 is 39.9. The van der Waals surface area contributed by atoms with Gasteiger partial charge in [-0.05, 0) is 37.8 Å². The van der Waals surface area contributed by atoms with Crippen LogP contribution in [0.5, 0.6) is 0 Å². The molecule has 9 heteroatoms. The summed E-state index contributed by atoms with van der Waals surface area (Å²) in [5.74, 6) is -0.0274. The Morgan fingerprint density at radius 1 is 1.22 bits per heavy atom. The minimum Gasteiger partial charge on any atom is -0.391 e. The maximum atomic E-state index is 12.9. The van der Waals surface area contributed by atoms with Gasteiger partial charge in [0, 0.05) is 13.1 Å². The fourth-order valence-electron chi connectivity index (χ4n) is 3.44. The van der Waals surface area contributed by atoms with Gasteiger partial charge >= 0.3 is 6.18 Å². The predicted octanol–water partition coefficient (Wildman–Crippen LogP) is 4.79. The van der Waals surface area contributed by atoms with E-state index in [1.807, 2.05) is 24.3 Å². The summed E-state index contributed by atoms with van der Waals surface area (Å²) in [5, 5.41) is 14.4. The standard InChI is InChI=1S/C18H20Cl2F3N3O/c1-11-16(20)17(18(21,22)23)24-26(11)10-15(27)12-6-8-25(9-7-12)14-5-3-2-4-13(14)19/h2-5,12,15,27H,6-10H2,1H3. The fourth-order valence-corrected chi connectivity index (χ4v) is 3.94. The molecule has 148 valence electrons. The van der Waals surface area contributed by atoms with E-state index in [4.69, 9.17) is 23.2 Å². The van der Waals surface area contributed by atoms with Crippen LogP contribution >= 0.6 is 23.2 Å². The van der Waals surface area contributed by atoms with Crippen LogP contribution in [0.25, 0.3) is 0 Å². The van der Waals surface area contributed by atoms with Crippen molar-refractivity contribution in [2.75, 3.05) is 18.0 Å². The molecule has 1 aliphatic rings. The molecule has 2 heterocycles. The second-order valence-electron chi connectivity index (χ2n) is 6.77. The number of nitrogens with zero attached hydrogens (tertiary/aromatic N) is 3. The molecular weight excluding hydrogens is 402 g/mol. The number of hydrogen-bond donors (Lipinski definition) is 1. The molecule has 1 aromatic heterocycles. The van der Waals surface area contributed by atoms with Crippen LogP contribution in [-0.2, 0) is 12.7 Å². The van der Waals surface area contributed by atoms with Crippen molar-refractivity contribution in [2.24, 2.45) is 5.92 Å². The molecule has 4 nitrogen and oxygen atoms in total. The van der Waals surface area contributed by atoms with Gasteiger partial charge in [0.15, 0.2) is 5.69 Å². The highest BCUT2D eigenvalue weighted by Gasteiger charge is 2.38. The van der Waals surface area contributed by atoms with Crippen LogP contribution in [-0.4, -0.2) is 34.1 Å². The van der Waals surface area contributed by atoms with Crippen molar-refractivity contribution in [3.63, 3.8) is 0 Å². The highest BCUT2D eigenvalue weighted by molar-refractivity contribution is 6.33. The van der Waals surface area contributed by atoms with Crippen LogP contribution in [0.3, 0.4) is 0 Å². The van der Waals surface area contributed by atoms with Crippen LogP contribution in [0.1, 0.15) is 24.2 Å². The van der Waals surface area contributed by atoms with Crippen molar-refractivity contribution < 1.29 is 18.3 Å². The van der Waals surface area contributed by atoms with Crippen molar-refractivity contribution in [1.29, 1.82) is 0 Å². The maximum Gasteiger partial charge on any atom is 0.436 e. The smallest absolute Gasteiger partial charge is 0.391 e. The Hall–Kier alpha value is -1.44. The van der Waals surface area contributed by atoms with Gasteiger partial charge in [0.2, 0.25) is 0 Å². The third-order valence-corrected chi connectivity index (χ3v) is 5.81. The quantitative estimate of drug-likeness (QED) is 0.770. The lowest BCUT2D eigenvalue weighted by Gasteiger charge is -2.36. The average Bonchev–Trinajstić information content (AvgIpc) is 2.91. The van der Waals surface area contributed by atoms with Crippen LogP contribution in [0.2, 0.25) is 10.0 Å². The van der Waals surface area contributed by atoms with E-state index < -0.39 is 23.0 Å². The first-order chi connectivity index (χ1) is 12.7. The van der Waals surface area contributed by atoms with Crippen molar-refractivity contribution in [3.05, 3.63) is 45.7 Å². The second kappa shape index (κ2) is 7.89. The molecular formula is C18H20Cl2F3N3O. The van der Waals surface area contributed by atoms with Gasteiger partial charge in [0.1, 0.15) is 0 Å². The molecule has 1 aliphatic heterocycles. The molecule has 3 rings (SSSR count). The monoisotopic (exact) mass is 421 g/mol. The summed E-state index contributed by atoms with van der Waals surface area (Å²) in [4.78, 5) is 2.16. The molecule has 1 unspecified atom stereocenters. The summed E-state index contributed by atoms with van der Waals surface area (Å²) >= 11 is 12.0. The topological polar surface area (TPSA) is 41.3 Å². The van der Waals surface area contributed by atoms with Crippen LogP contribution in [0, 0.1) is 12.8 Å². The van der Waals surface area contributed by atoms with Gasteiger partial charge in [-0.1, -0.05) is 35.3 Å². The molecule has 0 radical (unpaired) electrons. The van der Waals surface area contributed by atoms with Crippen molar-refractivity contribution in [2.45, 2.75) is 38.6 Å². The molecule has 1 N–H and O–H groups in total. The third-order valence-electron chi connectivity index (χ3n) is 5.04. The molecule has 1 fully saturated rings. The normalized spacial score (nSPS) is 17.4. The molecule has 27 heavy (non-hydrogen) atoms. The number of alkyl halides is 3. The number of anilines is 1. The Kier molecular flexibility index (Phi) is 5.93. The lowest BCUT2D eigenvalue weighted by molar-refractivity contribution is -0.141. The van der Waals surface area contributed by atoms with E-state index in [2.05, 4.69) is 10.00 Å². The Bertz CT molecular complexity index is 802. The molecule has 1 saturated heterocycles. The number of aliphatic hydroxyl groups excluding tert-OH is 1. The number of aromatic nitrogens is 2. The number of hydrogen-bond acceptors (Lipinski definition) is 3. The average molecular weight is 422 g/mol. The summed E-state index contributed by atoms with van der Waals surface area (Å²) in [5.41, 5.74) is 0.0515. The summed E-state index contributed by atoms with van der Waals surface area (Å²) in [7, 11) is 0. The number of halogens is 5. The predicted molar refractivity (Wildman–Crippen MR) is 99.4 cm³/mol. The minimum absolute atomic E-state index is 0.0155. The number of benzene rings is 1. The molecule has 1 atom stereocenters. The summed E-state index contributed by atoms with van der Waals surface area (Å²) in [6.07, 6.45) is -3.98. The van der Waals surface area contributed by atoms with E-state index in [0.29, 0.717) is 17.9 Å². The van der Waals surface area contributed by atoms with Gasteiger partial charge in [0.05, 0.1) is 34.1 Å². The Morgan fingerprint density at radius 3 is 2.41 bits per heavy atom. The minimum atomic E-state index is -4.61. The molecule has 1 aromatic carbocycles. The van der Waals surface area contributed by atoms with Gasteiger partial charge in [-0.15, -0.1) is 0 Å². The van der Waals surface area contributed by atoms with E-state index in [-0.39, 0.29) is 18.2 Å². The lowest BCUT2D eigenvalue weighted by Crippen LogP contribution is -2.39. The zero-order valence-electron chi connectivity index (χ0n) is 14.7. The van der Waals surface area contributed by atoms with E-state index in [9.17, 15) is 18.3 Å². The van der Waals surface area contributed by atoms with Gasteiger partial charge in [-0.3, -0.25) is 4.68 Å². The molecule has 0 bridgehead atoms. The van der Waals surface area contributed by atoms with Gasteiger partial charge in [-0.25, -0.2) is 0 Å². The third kappa shape index (κ3) is 4.36. The number of piperidine rings is 1. The van der Waals surface area contributed by atoms with Crippen molar-refractivity contribution in [3.8, 4) is 0 Å². The second-order valence-corrected chi connectivity index (χ2v) is 7.56. The van der Waals surface area contributed by atoms with E-state index in [1.165, 1.54) is 6.92 Å². The largest absolute Gasteiger partial charge is 0.436 e. The highest BCUT2D eigenvalue weighted by Crippen LogP contribution is 2.36. The first-order valence-electron chi connectivity index (χ1n) is 8.66. The van der Waals surface area contributed by atoms with Gasteiger partial charge < -0.3 is 10.0 Å². The van der Waals surface area contributed by atoms with Crippen LogP contribution in [0.15, 0.2) is 24.3 Å². The zero-order chi connectivity index (χ0) is 19.8. The lowest BCUT2D eigenvalue weighted by atomic mass is 9.91. The summed E-state index contributed by atoms with van der Waals surface area (Å²) in [6.45, 7) is 2.89. The van der Waals surface area contributed by atoms with E-state index in [1.54, 1.807) is 0 Å². The molecule has 0 amide bonds. The summed E-state index contributed by atoms with van der Waals surface area (Å²) in [6, 6.07) is 7.58. The van der Waals surface area contributed by atoms with Crippen LogP contribution < -0.4 is 4.90 Å². The van der Waals surface area contributed by atoms with Crippen LogP contribution in [0.4, 0.5) is 18.9 Å². The van der Waals surface area contributed by atoms with E-state index in [0.717, 1.165) is 23.5 Å². The Balaban J connectivity index is 1.64. The SMILES string of the molecule is Cc1c(Cl)c(C(F)(F)F)nn1CC(O)C1CCN(c2ccccc2Cl)CC1. The molecule has 0 spiro atoms. The molecule has 0 saturated carbocycles. The maximum absolute atomic E-state index is 12.9. The number of aliphatic hydroxyl groups is 1. The number of rotatable bonds is 4. The first-order valence-corrected chi connectivity index (χ1v) is 9.41. The van der Waals surface area contributed by atoms with Crippen molar-refractivity contribution >= 4 is 28.9 Å². The van der Waals surface area contributed by atoms with E-state index >= 15 is 0 Å². The van der Waals surface area contributed by atoms with Crippen molar-refractivity contribution in [1.82, 2.24) is 9.78 Å². The Morgan fingerprint density at radius 2 is 1.85 bits per heavy atom. The fraction of sp³-hybridized carbons (Fsp3) is 0.500. The first kappa shape index (κ1) is 20.3. The molecule has 2 aromatic rings. The highest BCUT2D eigenvalue weighted by atomic mass is 35.5. The Labute approximate surface area is 165 Å².